The number of methoxy groups -OCH3 is 1. The smallest absolute Gasteiger partial charge is 0.416 e. The van der Waals surface area contributed by atoms with Crippen molar-refractivity contribution in [2.45, 2.75) is 32.4 Å². The number of amides is 1. The van der Waals surface area contributed by atoms with Gasteiger partial charge in [0.25, 0.3) is 5.91 Å². The van der Waals surface area contributed by atoms with Crippen molar-refractivity contribution in [1.82, 2.24) is 9.88 Å². The van der Waals surface area contributed by atoms with Crippen molar-refractivity contribution in [3.63, 3.8) is 0 Å². The van der Waals surface area contributed by atoms with Gasteiger partial charge in [-0.25, -0.2) is 4.98 Å². The van der Waals surface area contributed by atoms with Gasteiger partial charge in [0.15, 0.2) is 11.5 Å². The zero-order valence-electron chi connectivity index (χ0n) is 23.5. The van der Waals surface area contributed by atoms with Crippen LogP contribution in [0.5, 0.6) is 23.0 Å². The number of anilines is 1. The molecule has 3 aromatic carbocycles. The Kier molecular flexibility index (Phi) is 8.82. The molecule has 1 aliphatic rings. The minimum absolute atomic E-state index is 0.0889. The summed E-state index contributed by atoms with van der Waals surface area (Å²) in [6.07, 6.45) is -0.769. The Morgan fingerprint density at radius 2 is 1.69 bits per heavy atom. The molecule has 1 N–H and O–H groups in total. The lowest BCUT2D eigenvalue weighted by molar-refractivity contribution is -0.137. The number of ether oxygens (including phenoxy) is 3. The van der Waals surface area contributed by atoms with E-state index in [4.69, 9.17) is 19.2 Å². The van der Waals surface area contributed by atoms with E-state index in [1.165, 1.54) is 31.4 Å². The van der Waals surface area contributed by atoms with Gasteiger partial charge in [-0.15, -0.1) is 0 Å². The van der Waals surface area contributed by atoms with Gasteiger partial charge < -0.3 is 19.5 Å². The second kappa shape index (κ2) is 12.7. The number of alkyl halides is 3. The van der Waals surface area contributed by atoms with Crippen LogP contribution in [-0.2, 0) is 6.18 Å². The summed E-state index contributed by atoms with van der Waals surface area (Å²) in [7, 11) is 1.60. The number of hydrogen-bond acceptors (Lipinski definition) is 6. The first-order chi connectivity index (χ1) is 20.2. The van der Waals surface area contributed by atoms with Crippen molar-refractivity contribution in [2.75, 3.05) is 38.7 Å². The van der Waals surface area contributed by atoms with Crippen LogP contribution in [0.4, 0.5) is 18.9 Å². The molecule has 0 unspecified atom stereocenters. The van der Waals surface area contributed by atoms with Gasteiger partial charge in [0.2, 0.25) is 0 Å². The molecule has 10 heteroatoms. The predicted octanol–water partition coefficient (Wildman–Crippen LogP) is 7.48. The molecule has 7 nitrogen and oxygen atoms in total. The number of rotatable bonds is 9. The summed E-state index contributed by atoms with van der Waals surface area (Å²) < 4.78 is 56.7. The molecule has 42 heavy (non-hydrogen) atoms. The lowest BCUT2D eigenvalue weighted by Gasteiger charge is -2.26. The highest BCUT2D eigenvalue weighted by Crippen LogP contribution is 2.35. The van der Waals surface area contributed by atoms with Crippen LogP contribution < -0.4 is 19.5 Å². The number of halogens is 3. The highest BCUT2D eigenvalue weighted by atomic mass is 19.4. The third-order valence-electron chi connectivity index (χ3n) is 7.15. The minimum atomic E-state index is -4.53. The van der Waals surface area contributed by atoms with Crippen LogP contribution in [0.1, 0.15) is 40.9 Å². The number of aromatic nitrogens is 1. The van der Waals surface area contributed by atoms with Crippen molar-refractivity contribution in [3.8, 4) is 23.0 Å². The molecule has 2 heterocycles. The van der Waals surface area contributed by atoms with Crippen molar-refractivity contribution < 1.29 is 32.2 Å². The summed E-state index contributed by atoms with van der Waals surface area (Å²) in [5.41, 5.74) is 0.868. The van der Waals surface area contributed by atoms with Crippen LogP contribution in [0.3, 0.4) is 0 Å². The van der Waals surface area contributed by atoms with Crippen LogP contribution in [0.2, 0.25) is 0 Å². The molecule has 1 aromatic heterocycles. The van der Waals surface area contributed by atoms with Gasteiger partial charge in [-0.3, -0.25) is 9.69 Å². The normalized spacial score (nSPS) is 14.0. The number of carbonyl (C=O) groups is 1. The fourth-order valence-corrected chi connectivity index (χ4v) is 4.88. The number of nitrogens with one attached hydrogen (secondary N) is 1. The molecule has 0 radical (unpaired) electrons. The summed E-state index contributed by atoms with van der Waals surface area (Å²) >= 11 is 0. The van der Waals surface area contributed by atoms with Gasteiger partial charge in [0.1, 0.15) is 18.1 Å². The minimum Gasteiger partial charge on any atom is -0.493 e. The van der Waals surface area contributed by atoms with Crippen molar-refractivity contribution in [1.29, 1.82) is 0 Å². The monoisotopic (exact) mass is 579 g/mol. The number of nitrogens with zero attached hydrogens (tertiary/aromatic N) is 2. The zero-order chi connectivity index (χ0) is 29.7. The van der Waals surface area contributed by atoms with Gasteiger partial charge in [-0.1, -0.05) is 12.5 Å². The van der Waals surface area contributed by atoms with Gasteiger partial charge in [-0.2, -0.15) is 13.2 Å². The Morgan fingerprint density at radius 3 is 2.40 bits per heavy atom. The molecule has 220 valence electrons. The first-order valence-corrected chi connectivity index (χ1v) is 13.8. The van der Waals surface area contributed by atoms with E-state index in [2.05, 4.69) is 10.2 Å². The molecule has 5 rings (SSSR count). The molecule has 1 amide bonds. The zero-order valence-corrected chi connectivity index (χ0v) is 23.5. The molecular weight excluding hydrogens is 547 g/mol. The SMILES string of the molecule is COc1cc2cc(Oc3ccc(NC(=O)c4cccc(C(F)(F)F)c4)cc3)c(C)nc2cc1OCCN1CCCCC1. The van der Waals surface area contributed by atoms with Crippen molar-refractivity contribution >= 4 is 22.5 Å². The van der Waals surface area contributed by atoms with E-state index in [-0.39, 0.29) is 5.56 Å². The quantitative estimate of drug-likeness (QED) is 0.222. The molecule has 1 fully saturated rings. The fraction of sp³-hybridized carbons (Fsp3) is 0.312. The van der Waals surface area contributed by atoms with Crippen LogP contribution in [-0.4, -0.2) is 49.1 Å². The fourth-order valence-electron chi connectivity index (χ4n) is 4.88. The van der Waals surface area contributed by atoms with E-state index >= 15 is 0 Å². The summed E-state index contributed by atoms with van der Waals surface area (Å²) in [5, 5.41) is 3.43. The number of fused-ring (bicyclic) bond motifs is 1. The first-order valence-electron chi connectivity index (χ1n) is 13.8. The molecule has 0 saturated carbocycles. The van der Waals surface area contributed by atoms with Gasteiger partial charge in [0, 0.05) is 29.2 Å². The summed E-state index contributed by atoms with van der Waals surface area (Å²) in [4.78, 5) is 19.6. The maximum Gasteiger partial charge on any atom is 0.416 e. The number of aryl methyl sites for hydroxylation is 1. The Balaban J connectivity index is 1.25. The Hall–Kier alpha value is -4.31. The lowest BCUT2D eigenvalue weighted by Crippen LogP contribution is -2.33. The van der Waals surface area contributed by atoms with Crippen LogP contribution in [0.25, 0.3) is 10.9 Å². The second-order valence-electron chi connectivity index (χ2n) is 10.2. The number of piperidine rings is 1. The topological polar surface area (TPSA) is 72.9 Å². The maximum atomic E-state index is 13.0. The Morgan fingerprint density at radius 1 is 0.952 bits per heavy atom. The van der Waals surface area contributed by atoms with Crippen molar-refractivity contribution in [3.05, 3.63) is 83.6 Å². The largest absolute Gasteiger partial charge is 0.493 e. The second-order valence-corrected chi connectivity index (χ2v) is 10.2. The molecular formula is C32H32F3N3O4. The van der Waals surface area contributed by atoms with Crippen LogP contribution in [0, 0.1) is 6.92 Å². The van der Waals surface area contributed by atoms with Gasteiger partial charge >= 0.3 is 6.18 Å². The molecule has 1 aliphatic heterocycles. The third-order valence-corrected chi connectivity index (χ3v) is 7.15. The lowest BCUT2D eigenvalue weighted by atomic mass is 10.1. The Bertz CT molecular complexity index is 1550. The standard InChI is InChI=1S/C32H32F3N3O4/c1-21-28(18-23-19-29(40-2)30(20-27(23)36-21)41-16-15-38-13-4-3-5-14-38)42-26-11-9-25(10-12-26)37-31(39)22-7-6-8-24(17-22)32(33,34)35/h6-12,17-20H,3-5,13-16H2,1-2H3,(H,37,39). The third kappa shape index (κ3) is 7.12. The predicted molar refractivity (Wildman–Crippen MR) is 155 cm³/mol. The van der Waals surface area contributed by atoms with E-state index in [1.807, 2.05) is 25.1 Å². The summed E-state index contributed by atoms with van der Waals surface area (Å²) in [6, 6.07) is 16.4. The van der Waals surface area contributed by atoms with E-state index in [1.54, 1.807) is 31.4 Å². The molecule has 0 bridgehead atoms. The van der Waals surface area contributed by atoms with Crippen LogP contribution in [0.15, 0.2) is 66.7 Å². The summed E-state index contributed by atoms with van der Waals surface area (Å²) in [5.74, 6) is 1.65. The van der Waals surface area contributed by atoms with Crippen LogP contribution >= 0.6 is 0 Å². The maximum absolute atomic E-state index is 13.0. The number of pyridine rings is 1. The highest BCUT2D eigenvalue weighted by molar-refractivity contribution is 6.04. The van der Waals surface area contributed by atoms with Gasteiger partial charge in [-0.05, 0) is 87.5 Å². The average Bonchev–Trinajstić information content (AvgIpc) is 2.98. The number of likely N-dealkylation sites (tertiary alicyclic amines) is 1. The van der Waals surface area contributed by atoms with E-state index in [0.29, 0.717) is 41.0 Å². The molecule has 4 aromatic rings. The molecule has 0 atom stereocenters. The Labute approximate surface area is 242 Å². The molecule has 1 saturated heterocycles. The summed E-state index contributed by atoms with van der Waals surface area (Å²) in [6.45, 7) is 5.50. The van der Waals surface area contributed by atoms with Gasteiger partial charge in [0.05, 0.1) is 23.9 Å². The number of carbonyl (C=O) groups excluding carboxylic acids is 1. The number of benzene rings is 3. The van der Waals surface area contributed by atoms with Crippen molar-refractivity contribution in [2.24, 2.45) is 0 Å². The highest BCUT2D eigenvalue weighted by Gasteiger charge is 2.31. The van der Waals surface area contributed by atoms with E-state index in [9.17, 15) is 18.0 Å². The number of hydrogen-bond donors (Lipinski definition) is 1. The average molecular weight is 580 g/mol. The molecule has 0 aliphatic carbocycles. The molecule has 0 spiro atoms. The first kappa shape index (κ1) is 29.2. The van der Waals surface area contributed by atoms with E-state index < -0.39 is 17.6 Å². The van der Waals surface area contributed by atoms with E-state index in [0.717, 1.165) is 42.7 Å².